The number of rotatable bonds is 2. The number of aliphatic imine (C=N–C) groups is 1. The van der Waals surface area contributed by atoms with Crippen LogP contribution in [0.5, 0.6) is 0 Å². The number of allylic oxidation sites excluding steroid dienone is 1. The Labute approximate surface area is 118 Å². The molecule has 2 aliphatic rings. The van der Waals surface area contributed by atoms with Crippen LogP contribution in [-0.4, -0.2) is 23.1 Å². The quantitative estimate of drug-likeness (QED) is 0.805. The molecule has 0 saturated heterocycles. The van der Waals surface area contributed by atoms with Crippen molar-refractivity contribution in [1.82, 2.24) is 5.01 Å². The van der Waals surface area contributed by atoms with E-state index >= 15 is 0 Å². The van der Waals surface area contributed by atoms with Gasteiger partial charge in [-0.15, -0.1) is 6.42 Å². The first kappa shape index (κ1) is 12.2. The van der Waals surface area contributed by atoms with E-state index in [9.17, 15) is 0 Å². The second-order valence-electron chi connectivity index (χ2n) is 4.72. The molecule has 4 nitrogen and oxygen atoms in total. The second-order valence-corrected chi connectivity index (χ2v) is 4.72. The van der Waals surface area contributed by atoms with E-state index in [0.29, 0.717) is 12.1 Å². The maximum Gasteiger partial charge on any atom is 0.110 e. The summed E-state index contributed by atoms with van der Waals surface area (Å²) in [4.78, 5) is 4.22. The molecule has 1 aliphatic heterocycles. The van der Waals surface area contributed by atoms with E-state index in [0.717, 1.165) is 16.8 Å². The van der Waals surface area contributed by atoms with Gasteiger partial charge in [0.15, 0.2) is 0 Å². The molecule has 0 bridgehead atoms. The van der Waals surface area contributed by atoms with Crippen molar-refractivity contribution in [2.45, 2.75) is 12.5 Å². The molecule has 20 heavy (non-hydrogen) atoms. The highest BCUT2D eigenvalue weighted by Crippen LogP contribution is 2.24. The van der Waals surface area contributed by atoms with Crippen molar-refractivity contribution < 1.29 is 0 Å². The fourth-order valence-electron chi connectivity index (χ4n) is 2.31. The first-order chi connectivity index (χ1) is 9.76. The van der Waals surface area contributed by atoms with Gasteiger partial charge in [-0.25, -0.2) is 4.99 Å². The molecule has 98 valence electrons. The van der Waals surface area contributed by atoms with Crippen molar-refractivity contribution in [3.05, 3.63) is 53.8 Å². The molecule has 1 unspecified atom stereocenters. The largest absolute Gasteiger partial charge is 0.305 e. The van der Waals surface area contributed by atoms with Crippen LogP contribution in [0.3, 0.4) is 0 Å². The molecule has 0 saturated carbocycles. The van der Waals surface area contributed by atoms with E-state index in [2.05, 4.69) is 16.3 Å². The van der Waals surface area contributed by atoms with E-state index < -0.39 is 0 Å². The Morgan fingerprint density at radius 1 is 1.45 bits per heavy atom. The summed E-state index contributed by atoms with van der Waals surface area (Å²) in [6.45, 7) is 0. The van der Waals surface area contributed by atoms with Crippen LogP contribution in [-0.2, 0) is 0 Å². The molecular formula is C16H14N4. The maximum absolute atomic E-state index is 7.71. The molecule has 0 radical (unpaired) electrons. The first-order valence-corrected chi connectivity index (χ1v) is 6.36. The van der Waals surface area contributed by atoms with Gasteiger partial charge < -0.3 is 5.41 Å². The van der Waals surface area contributed by atoms with Crippen molar-refractivity contribution in [3.63, 3.8) is 0 Å². The number of hydrazine groups is 1. The smallest absolute Gasteiger partial charge is 0.110 e. The van der Waals surface area contributed by atoms with Gasteiger partial charge in [-0.1, -0.05) is 18.1 Å². The number of terminal acetylenes is 1. The van der Waals surface area contributed by atoms with E-state index in [1.54, 1.807) is 6.34 Å². The second kappa shape index (κ2) is 5.06. The van der Waals surface area contributed by atoms with Gasteiger partial charge in [-0.3, -0.25) is 10.4 Å². The fourth-order valence-corrected chi connectivity index (χ4v) is 2.31. The number of fused-ring (bicyclic) bond motifs is 1. The van der Waals surface area contributed by atoms with Crippen LogP contribution in [0.25, 0.3) is 0 Å². The van der Waals surface area contributed by atoms with Gasteiger partial charge in [0, 0.05) is 23.9 Å². The predicted molar refractivity (Wildman–Crippen MR) is 81.7 cm³/mol. The van der Waals surface area contributed by atoms with Gasteiger partial charge in [0.2, 0.25) is 0 Å². The van der Waals surface area contributed by atoms with Crippen LogP contribution < -0.4 is 5.43 Å². The number of hydrogen-bond acceptors (Lipinski definition) is 4. The van der Waals surface area contributed by atoms with Crippen LogP contribution in [0.1, 0.15) is 12.0 Å². The fraction of sp³-hybridized carbons (Fsp3) is 0.125. The van der Waals surface area contributed by atoms with Crippen molar-refractivity contribution in [2.24, 2.45) is 4.99 Å². The van der Waals surface area contributed by atoms with Gasteiger partial charge >= 0.3 is 0 Å². The molecule has 1 aliphatic carbocycles. The molecule has 1 atom stereocenters. The number of anilines is 1. The van der Waals surface area contributed by atoms with Crippen LogP contribution in [0.2, 0.25) is 0 Å². The Bertz CT molecular complexity index is 676. The lowest BCUT2D eigenvalue weighted by Crippen LogP contribution is -2.42. The lowest BCUT2D eigenvalue weighted by atomic mass is 9.94. The standard InChI is InChI=1S/C16H14N4/c1-2-12-4-3-5-15(8-12)19-20-11-18-10-13-9-14(17)6-7-16(13)20/h1,3-8,10-11,16-17,19H,9H2. The summed E-state index contributed by atoms with van der Waals surface area (Å²) in [6.07, 6.45) is 13.5. The van der Waals surface area contributed by atoms with Gasteiger partial charge in [0.1, 0.15) is 6.34 Å². The lowest BCUT2D eigenvalue weighted by Gasteiger charge is -2.34. The average Bonchev–Trinajstić information content (AvgIpc) is 2.47. The molecule has 0 amide bonds. The summed E-state index contributed by atoms with van der Waals surface area (Å²) < 4.78 is 0. The normalized spacial score (nSPS) is 20.1. The summed E-state index contributed by atoms with van der Waals surface area (Å²) >= 11 is 0. The van der Waals surface area contributed by atoms with Crippen LogP contribution in [0.4, 0.5) is 5.69 Å². The third-order valence-electron chi connectivity index (χ3n) is 3.27. The first-order valence-electron chi connectivity index (χ1n) is 6.36. The zero-order chi connectivity index (χ0) is 13.9. The van der Waals surface area contributed by atoms with E-state index in [-0.39, 0.29) is 6.04 Å². The van der Waals surface area contributed by atoms with Crippen LogP contribution in [0, 0.1) is 17.8 Å². The maximum atomic E-state index is 7.71. The summed E-state index contributed by atoms with van der Waals surface area (Å²) in [5, 5.41) is 9.64. The van der Waals surface area contributed by atoms with Crippen molar-refractivity contribution >= 4 is 17.7 Å². The number of benzene rings is 1. The molecule has 0 aromatic heterocycles. The molecule has 4 heteroatoms. The molecule has 0 spiro atoms. The minimum Gasteiger partial charge on any atom is -0.305 e. The molecule has 3 rings (SSSR count). The molecule has 1 aromatic rings. The summed E-state index contributed by atoms with van der Waals surface area (Å²) in [7, 11) is 0. The van der Waals surface area contributed by atoms with Gasteiger partial charge in [0.25, 0.3) is 0 Å². The SMILES string of the molecule is C#Cc1cccc(NN2C=NC=C3CC(=N)C=CC32)c1. The molecular weight excluding hydrogens is 248 g/mol. The minimum absolute atomic E-state index is 0.0936. The highest BCUT2D eigenvalue weighted by molar-refractivity contribution is 5.96. The van der Waals surface area contributed by atoms with Gasteiger partial charge in [-0.2, -0.15) is 0 Å². The third-order valence-corrected chi connectivity index (χ3v) is 3.27. The number of nitrogens with one attached hydrogen (secondary N) is 2. The minimum atomic E-state index is 0.0936. The van der Waals surface area contributed by atoms with Gasteiger partial charge in [0.05, 0.1) is 11.7 Å². The Morgan fingerprint density at radius 2 is 2.35 bits per heavy atom. The van der Waals surface area contributed by atoms with Crippen molar-refractivity contribution in [2.75, 3.05) is 5.43 Å². The monoisotopic (exact) mass is 262 g/mol. The van der Waals surface area contributed by atoms with E-state index in [4.69, 9.17) is 11.8 Å². The average molecular weight is 262 g/mol. The highest BCUT2D eigenvalue weighted by atomic mass is 15.5. The van der Waals surface area contributed by atoms with Gasteiger partial charge in [-0.05, 0) is 29.8 Å². The molecule has 2 N–H and O–H groups in total. The molecule has 1 heterocycles. The molecule has 0 fully saturated rings. The topological polar surface area (TPSA) is 51.5 Å². The summed E-state index contributed by atoms with van der Waals surface area (Å²) in [5.74, 6) is 2.62. The Balaban J connectivity index is 1.83. The molecule has 1 aromatic carbocycles. The number of nitrogens with zero attached hydrogens (tertiary/aromatic N) is 2. The van der Waals surface area contributed by atoms with E-state index in [1.165, 1.54) is 0 Å². The Kier molecular flexibility index (Phi) is 3.10. The lowest BCUT2D eigenvalue weighted by molar-refractivity contribution is 0.461. The van der Waals surface area contributed by atoms with Crippen molar-refractivity contribution in [3.8, 4) is 12.3 Å². The van der Waals surface area contributed by atoms with Crippen LogP contribution >= 0.6 is 0 Å². The number of hydrogen-bond donors (Lipinski definition) is 2. The summed E-state index contributed by atoms with van der Waals surface area (Å²) in [6, 6.07) is 7.78. The third kappa shape index (κ3) is 2.34. The Morgan fingerprint density at radius 3 is 3.20 bits per heavy atom. The summed E-state index contributed by atoms with van der Waals surface area (Å²) in [5.41, 5.74) is 6.77. The zero-order valence-electron chi connectivity index (χ0n) is 10.9. The zero-order valence-corrected chi connectivity index (χ0v) is 10.9. The Hall–Kier alpha value is -2.80. The highest BCUT2D eigenvalue weighted by Gasteiger charge is 2.24. The predicted octanol–water partition coefficient (Wildman–Crippen LogP) is 2.57. The van der Waals surface area contributed by atoms with Crippen LogP contribution in [0.15, 0.2) is 53.2 Å². The van der Waals surface area contributed by atoms with Crippen molar-refractivity contribution in [1.29, 1.82) is 5.41 Å². The van der Waals surface area contributed by atoms with E-state index in [1.807, 2.05) is 47.6 Å².